The molecule has 0 radical (unpaired) electrons. The number of ether oxygens (including phenoxy) is 1. The van der Waals surface area contributed by atoms with Crippen LogP contribution < -0.4 is 5.32 Å². The van der Waals surface area contributed by atoms with Crippen LogP contribution in [0.1, 0.15) is 34.2 Å². The van der Waals surface area contributed by atoms with E-state index in [1.54, 1.807) is 19.1 Å². The third kappa shape index (κ3) is 3.69. The quantitative estimate of drug-likeness (QED) is 0.678. The van der Waals surface area contributed by atoms with Crippen molar-refractivity contribution in [2.45, 2.75) is 33.8 Å². The maximum atomic E-state index is 13.8. The smallest absolute Gasteiger partial charge is 0.375 e. The molecule has 27 heavy (non-hydrogen) atoms. The topological polar surface area (TPSA) is 68.5 Å². The molecule has 1 heterocycles. The van der Waals surface area contributed by atoms with Crippen LogP contribution in [-0.4, -0.2) is 18.0 Å². The average molecular weight is 369 g/mol. The minimum Gasteiger partial charge on any atom is -0.447 e. The van der Waals surface area contributed by atoms with Crippen molar-refractivity contribution in [3.05, 3.63) is 64.7 Å². The zero-order chi connectivity index (χ0) is 19.7. The van der Waals surface area contributed by atoms with Crippen molar-refractivity contribution in [1.29, 1.82) is 0 Å². The summed E-state index contributed by atoms with van der Waals surface area (Å²) in [6.45, 7) is 6.95. The molecule has 0 aliphatic heterocycles. The average Bonchev–Trinajstić information content (AvgIpc) is 2.96. The van der Waals surface area contributed by atoms with E-state index in [1.807, 2.05) is 26.0 Å². The van der Waals surface area contributed by atoms with Gasteiger partial charge in [0, 0.05) is 16.6 Å². The van der Waals surface area contributed by atoms with Gasteiger partial charge in [-0.2, -0.15) is 0 Å². The molecule has 5 nitrogen and oxygen atoms in total. The van der Waals surface area contributed by atoms with Crippen molar-refractivity contribution >= 4 is 28.5 Å². The van der Waals surface area contributed by atoms with E-state index < -0.39 is 23.8 Å². The van der Waals surface area contributed by atoms with Crippen LogP contribution in [-0.2, 0) is 9.53 Å². The Bertz CT molecular complexity index is 1040. The Hall–Kier alpha value is -3.15. The van der Waals surface area contributed by atoms with Crippen molar-refractivity contribution in [1.82, 2.24) is 0 Å². The summed E-state index contributed by atoms with van der Waals surface area (Å²) in [5.41, 5.74) is 3.10. The molecule has 140 valence electrons. The number of carbonyl (C=O) groups is 2. The van der Waals surface area contributed by atoms with E-state index in [9.17, 15) is 14.0 Å². The van der Waals surface area contributed by atoms with Gasteiger partial charge in [-0.05, 0) is 45.4 Å². The highest BCUT2D eigenvalue weighted by molar-refractivity contribution is 5.99. The van der Waals surface area contributed by atoms with Crippen molar-refractivity contribution in [3.8, 4) is 0 Å². The number of anilines is 1. The minimum absolute atomic E-state index is 0.00525. The van der Waals surface area contributed by atoms with Gasteiger partial charge in [-0.25, -0.2) is 9.18 Å². The van der Waals surface area contributed by atoms with Crippen molar-refractivity contribution < 1.29 is 23.1 Å². The second-order valence-electron chi connectivity index (χ2n) is 6.53. The number of halogens is 1. The molecule has 6 heteroatoms. The fourth-order valence-corrected chi connectivity index (χ4v) is 2.86. The number of nitrogens with one attached hydrogen (secondary N) is 1. The number of aryl methyl sites for hydroxylation is 3. The van der Waals surface area contributed by atoms with E-state index in [2.05, 4.69) is 5.32 Å². The Kier molecular flexibility index (Phi) is 4.99. The predicted octanol–water partition coefficient (Wildman–Crippen LogP) is 4.68. The molecule has 0 saturated carbocycles. The van der Waals surface area contributed by atoms with Crippen LogP contribution in [0, 0.1) is 26.6 Å². The number of esters is 1. The minimum atomic E-state index is -1.05. The Balaban J connectivity index is 1.74. The van der Waals surface area contributed by atoms with Crippen LogP contribution in [0.15, 0.2) is 40.8 Å². The lowest BCUT2D eigenvalue weighted by molar-refractivity contribution is -0.123. The number of hydrogen-bond acceptors (Lipinski definition) is 4. The van der Waals surface area contributed by atoms with E-state index in [4.69, 9.17) is 9.15 Å². The van der Waals surface area contributed by atoms with Crippen molar-refractivity contribution in [2.75, 3.05) is 5.32 Å². The zero-order valence-electron chi connectivity index (χ0n) is 15.6. The third-order valence-electron chi connectivity index (χ3n) is 4.39. The van der Waals surface area contributed by atoms with Gasteiger partial charge in [-0.1, -0.05) is 29.8 Å². The maximum Gasteiger partial charge on any atom is 0.375 e. The number of hydrogen-bond donors (Lipinski definition) is 1. The highest BCUT2D eigenvalue weighted by Gasteiger charge is 2.25. The molecule has 2 aromatic carbocycles. The zero-order valence-corrected chi connectivity index (χ0v) is 15.6. The molecule has 1 atom stereocenters. The number of benzene rings is 2. The van der Waals surface area contributed by atoms with Gasteiger partial charge < -0.3 is 14.5 Å². The Morgan fingerprint density at radius 3 is 2.56 bits per heavy atom. The lowest BCUT2D eigenvalue weighted by atomic mass is 10.1. The van der Waals surface area contributed by atoms with Crippen LogP contribution in [0.25, 0.3) is 11.0 Å². The highest BCUT2D eigenvalue weighted by atomic mass is 19.1. The Labute approximate surface area is 156 Å². The van der Waals surface area contributed by atoms with Gasteiger partial charge in [-0.3, -0.25) is 4.79 Å². The first-order valence-electron chi connectivity index (χ1n) is 8.54. The maximum absolute atomic E-state index is 13.8. The summed E-state index contributed by atoms with van der Waals surface area (Å²) in [6, 6.07) is 10.1. The Morgan fingerprint density at radius 2 is 1.89 bits per heavy atom. The first-order chi connectivity index (χ1) is 12.8. The second-order valence-corrected chi connectivity index (χ2v) is 6.53. The number of amides is 1. The van der Waals surface area contributed by atoms with Gasteiger partial charge in [0.05, 0.1) is 0 Å². The van der Waals surface area contributed by atoms with Gasteiger partial charge in [0.15, 0.2) is 17.5 Å². The van der Waals surface area contributed by atoms with E-state index in [-0.39, 0.29) is 11.3 Å². The van der Waals surface area contributed by atoms with Crippen LogP contribution in [0.2, 0.25) is 0 Å². The highest BCUT2D eigenvalue weighted by Crippen LogP contribution is 2.28. The summed E-state index contributed by atoms with van der Waals surface area (Å²) in [5, 5.41) is 3.23. The standard InChI is InChI=1S/C21H20FNO4/c1-11-8-9-17(12(2)10-11)23-20(24)14(4)26-21(25)18-13(3)15-6-5-7-16(22)19(15)27-18/h5-10,14H,1-4H3,(H,23,24)/t14-/m0/s1. The molecule has 3 rings (SSSR count). The number of rotatable bonds is 4. The number of fused-ring (bicyclic) bond motifs is 1. The summed E-state index contributed by atoms with van der Waals surface area (Å²) < 4.78 is 24.4. The van der Waals surface area contributed by atoms with Crippen molar-refractivity contribution in [2.24, 2.45) is 0 Å². The molecule has 0 spiro atoms. The van der Waals surface area contributed by atoms with E-state index in [0.717, 1.165) is 11.1 Å². The van der Waals surface area contributed by atoms with Gasteiger partial charge >= 0.3 is 5.97 Å². The number of carbonyl (C=O) groups excluding carboxylic acids is 2. The molecule has 3 aromatic rings. The summed E-state index contributed by atoms with van der Waals surface area (Å²) in [7, 11) is 0. The summed E-state index contributed by atoms with van der Waals surface area (Å²) in [4.78, 5) is 24.8. The fourth-order valence-electron chi connectivity index (χ4n) is 2.86. The lowest BCUT2D eigenvalue weighted by Crippen LogP contribution is -2.30. The molecule has 1 amide bonds. The van der Waals surface area contributed by atoms with Crippen LogP contribution >= 0.6 is 0 Å². The van der Waals surface area contributed by atoms with E-state index >= 15 is 0 Å². The molecule has 1 N–H and O–H groups in total. The van der Waals surface area contributed by atoms with Gasteiger partial charge in [-0.15, -0.1) is 0 Å². The SMILES string of the molecule is Cc1ccc(NC(=O)[C@H](C)OC(=O)c2oc3c(F)cccc3c2C)c(C)c1. The third-order valence-corrected chi connectivity index (χ3v) is 4.39. The van der Waals surface area contributed by atoms with Gasteiger partial charge in [0.2, 0.25) is 5.76 Å². The second kappa shape index (κ2) is 7.23. The van der Waals surface area contributed by atoms with E-state index in [1.165, 1.54) is 19.1 Å². The summed E-state index contributed by atoms with van der Waals surface area (Å²) >= 11 is 0. The van der Waals surface area contributed by atoms with Crippen molar-refractivity contribution in [3.63, 3.8) is 0 Å². The molecule has 1 aromatic heterocycles. The molecule has 0 bridgehead atoms. The monoisotopic (exact) mass is 369 g/mol. The number of furan rings is 1. The molecule has 0 aliphatic rings. The largest absolute Gasteiger partial charge is 0.447 e. The fraction of sp³-hybridized carbons (Fsp3) is 0.238. The summed E-state index contributed by atoms with van der Waals surface area (Å²) in [5.74, 6) is -1.95. The molecular weight excluding hydrogens is 349 g/mol. The van der Waals surface area contributed by atoms with Gasteiger partial charge in [0.1, 0.15) is 0 Å². The van der Waals surface area contributed by atoms with Gasteiger partial charge in [0.25, 0.3) is 5.91 Å². The first-order valence-corrected chi connectivity index (χ1v) is 8.54. The molecule has 0 fully saturated rings. The van der Waals surface area contributed by atoms with E-state index in [0.29, 0.717) is 16.6 Å². The first kappa shape index (κ1) is 18.6. The van der Waals surface area contributed by atoms with Crippen LogP contribution in [0.4, 0.5) is 10.1 Å². The summed E-state index contributed by atoms with van der Waals surface area (Å²) in [6.07, 6.45) is -1.05. The predicted molar refractivity (Wildman–Crippen MR) is 100 cm³/mol. The molecular formula is C21H20FNO4. The Morgan fingerprint density at radius 1 is 1.15 bits per heavy atom. The number of para-hydroxylation sites is 1. The molecule has 0 aliphatic carbocycles. The van der Waals surface area contributed by atoms with Crippen LogP contribution in [0.5, 0.6) is 0 Å². The van der Waals surface area contributed by atoms with Crippen LogP contribution in [0.3, 0.4) is 0 Å². The molecule has 0 unspecified atom stereocenters. The lowest BCUT2D eigenvalue weighted by Gasteiger charge is -2.14. The molecule has 0 saturated heterocycles. The normalized spacial score (nSPS) is 12.0.